The zero-order valence-electron chi connectivity index (χ0n) is 11.3. The fourth-order valence-electron chi connectivity index (χ4n) is 1.67. The summed E-state index contributed by atoms with van der Waals surface area (Å²) in [6.07, 6.45) is 0.545. The predicted molar refractivity (Wildman–Crippen MR) is 78.8 cm³/mol. The molecule has 7 nitrogen and oxygen atoms in total. The van der Waals surface area contributed by atoms with Crippen molar-refractivity contribution in [3.8, 4) is 0 Å². The number of rotatable bonds is 5. The van der Waals surface area contributed by atoms with Crippen LogP contribution in [0.25, 0.3) is 0 Å². The highest BCUT2D eigenvalue weighted by Crippen LogP contribution is 2.13. The van der Waals surface area contributed by atoms with Gasteiger partial charge in [-0.3, -0.25) is 5.32 Å². The third-order valence-corrected chi connectivity index (χ3v) is 3.37. The van der Waals surface area contributed by atoms with Gasteiger partial charge < -0.3 is 10.4 Å². The van der Waals surface area contributed by atoms with Gasteiger partial charge in [-0.15, -0.1) is 10.2 Å². The number of aromatic nitrogens is 2. The molecule has 21 heavy (non-hydrogen) atoms. The number of aromatic carboxylic acids is 1. The normalized spacial score (nSPS) is 10.1. The standard InChI is InChI=1S/C13H14N4O3S/c1-8-16-17-13(21-8)15-12(20)14-6-5-9-3-2-4-10(7-9)11(18)19/h2-4,7H,5-6H2,1H3,(H,18,19)(H2,14,15,17,20). The summed E-state index contributed by atoms with van der Waals surface area (Å²) in [6, 6.07) is 6.27. The summed E-state index contributed by atoms with van der Waals surface area (Å²) in [4.78, 5) is 22.5. The first-order valence-electron chi connectivity index (χ1n) is 6.22. The molecule has 2 aromatic rings. The number of hydrogen-bond acceptors (Lipinski definition) is 5. The lowest BCUT2D eigenvalue weighted by Crippen LogP contribution is -2.30. The molecule has 1 aromatic carbocycles. The van der Waals surface area contributed by atoms with Gasteiger partial charge in [-0.25, -0.2) is 9.59 Å². The predicted octanol–water partition coefficient (Wildman–Crippen LogP) is 1.91. The first-order chi connectivity index (χ1) is 10.0. The van der Waals surface area contributed by atoms with E-state index in [4.69, 9.17) is 5.11 Å². The van der Waals surface area contributed by atoms with Gasteiger partial charge in [0.2, 0.25) is 5.13 Å². The molecule has 110 valence electrons. The van der Waals surface area contributed by atoms with Gasteiger partial charge in [-0.2, -0.15) is 0 Å². The average molecular weight is 306 g/mol. The van der Waals surface area contributed by atoms with E-state index >= 15 is 0 Å². The number of hydrogen-bond donors (Lipinski definition) is 3. The van der Waals surface area contributed by atoms with Gasteiger partial charge in [-0.05, 0) is 31.0 Å². The zero-order valence-corrected chi connectivity index (χ0v) is 12.1. The van der Waals surface area contributed by atoms with Crippen LogP contribution < -0.4 is 10.6 Å². The number of amides is 2. The van der Waals surface area contributed by atoms with Gasteiger partial charge in [0.05, 0.1) is 5.56 Å². The van der Waals surface area contributed by atoms with Crippen LogP contribution in [0.4, 0.5) is 9.93 Å². The molecule has 0 spiro atoms. The number of carboxylic acid groups (broad SMARTS) is 1. The molecule has 0 aliphatic rings. The van der Waals surface area contributed by atoms with Crippen LogP contribution in [-0.2, 0) is 6.42 Å². The molecule has 0 atom stereocenters. The van der Waals surface area contributed by atoms with Crippen LogP contribution in [0.3, 0.4) is 0 Å². The molecule has 1 aromatic heterocycles. The Morgan fingerprint density at radius 2 is 2.14 bits per heavy atom. The van der Waals surface area contributed by atoms with Crippen molar-refractivity contribution in [3.05, 3.63) is 40.4 Å². The fourth-order valence-corrected chi connectivity index (χ4v) is 2.26. The molecule has 0 fully saturated rings. The Hall–Kier alpha value is -2.48. The second kappa shape index (κ2) is 6.80. The van der Waals surface area contributed by atoms with E-state index in [-0.39, 0.29) is 11.6 Å². The number of urea groups is 1. The maximum absolute atomic E-state index is 11.6. The van der Waals surface area contributed by atoms with Crippen LogP contribution in [-0.4, -0.2) is 33.8 Å². The number of benzene rings is 1. The number of anilines is 1. The minimum Gasteiger partial charge on any atom is -0.478 e. The molecule has 0 aliphatic heterocycles. The Morgan fingerprint density at radius 3 is 2.81 bits per heavy atom. The Kier molecular flexibility index (Phi) is 4.83. The fraction of sp³-hybridized carbons (Fsp3) is 0.231. The summed E-state index contributed by atoms with van der Waals surface area (Å²) in [6.45, 7) is 2.20. The molecule has 3 N–H and O–H groups in total. The zero-order chi connectivity index (χ0) is 15.2. The number of nitrogens with zero attached hydrogens (tertiary/aromatic N) is 2. The Balaban J connectivity index is 1.80. The summed E-state index contributed by atoms with van der Waals surface area (Å²) in [7, 11) is 0. The second-order valence-electron chi connectivity index (χ2n) is 4.26. The monoisotopic (exact) mass is 306 g/mol. The number of carbonyl (C=O) groups is 2. The number of aryl methyl sites for hydroxylation is 1. The summed E-state index contributed by atoms with van der Waals surface area (Å²) < 4.78 is 0. The minimum absolute atomic E-state index is 0.237. The van der Waals surface area contributed by atoms with E-state index in [1.165, 1.54) is 17.4 Å². The summed E-state index contributed by atoms with van der Waals surface area (Å²) in [5.74, 6) is -0.964. The Morgan fingerprint density at radius 1 is 1.33 bits per heavy atom. The van der Waals surface area contributed by atoms with E-state index < -0.39 is 5.97 Å². The first kappa shape index (κ1) is 14.9. The molecule has 8 heteroatoms. The third kappa shape index (κ3) is 4.53. The summed E-state index contributed by atoms with van der Waals surface area (Å²) in [5.41, 5.74) is 1.09. The topological polar surface area (TPSA) is 104 Å². The van der Waals surface area contributed by atoms with Crippen molar-refractivity contribution < 1.29 is 14.7 Å². The van der Waals surface area contributed by atoms with Gasteiger partial charge in [0, 0.05) is 6.54 Å². The second-order valence-corrected chi connectivity index (χ2v) is 5.44. The van der Waals surface area contributed by atoms with Crippen molar-refractivity contribution in [1.29, 1.82) is 0 Å². The number of carbonyl (C=O) groups excluding carboxylic acids is 1. The van der Waals surface area contributed by atoms with Gasteiger partial charge in [0.25, 0.3) is 0 Å². The maximum Gasteiger partial charge on any atom is 0.335 e. The molecule has 0 aliphatic carbocycles. The van der Waals surface area contributed by atoms with Gasteiger partial charge in [0.1, 0.15) is 5.01 Å². The largest absolute Gasteiger partial charge is 0.478 e. The molecule has 0 radical (unpaired) electrons. The molecular formula is C13H14N4O3S. The highest BCUT2D eigenvalue weighted by Gasteiger charge is 2.06. The molecule has 2 rings (SSSR count). The maximum atomic E-state index is 11.6. The van der Waals surface area contributed by atoms with Crippen LogP contribution >= 0.6 is 11.3 Å². The highest BCUT2D eigenvalue weighted by molar-refractivity contribution is 7.15. The highest BCUT2D eigenvalue weighted by atomic mass is 32.1. The first-order valence-corrected chi connectivity index (χ1v) is 7.03. The quantitative estimate of drug-likeness (QED) is 0.782. The third-order valence-electron chi connectivity index (χ3n) is 2.62. The van der Waals surface area contributed by atoms with E-state index in [0.29, 0.717) is 18.1 Å². The molecule has 0 saturated carbocycles. The van der Waals surface area contributed by atoms with E-state index in [9.17, 15) is 9.59 Å². The van der Waals surface area contributed by atoms with Gasteiger partial charge in [0.15, 0.2) is 0 Å². The van der Waals surface area contributed by atoms with Crippen molar-refractivity contribution in [2.24, 2.45) is 0 Å². The van der Waals surface area contributed by atoms with Crippen LogP contribution in [0, 0.1) is 6.92 Å². The van der Waals surface area contributed by atoms with Crippen LogP contribution in [0.5, 0.6) is 0 Å². The number of nitrogens with one attached hydrogen (secondary N) is 2. The lowest BCUT2D eigenvalue weighted by Gasteiger charge is -2.06. The van der Waals surface area contributed by atoms with Crippen molar-refractivity contribution in [1.82, 2.24) is 15.5 Å². The lowest BCUT2D eigenvalue weighted by atomic mass is 10.1. The smallest absolute Gasteiger partial charge is 0.335 e. The molecule has 0 bridgehead atoms. The van der Waals surface area contributed by atoms with Crippen molar-refractivity contribution in [3.63, 3.8) is 0 Å². The Bertz CT molecular complexity index is 656. The minimum atomic E-state index is -0.964. The summed E-state index contributed by atoms with van der Waals surface area (Å²) in [5, 5.41) is 23.0. The van der Waals surface area contributed by atoms with Crippen molar-refractivity contribution in [2.75, 3.05) is 11.9 Å². The molecule has 0 unspecified atom stereocenters. The SMILES string of the molecule is Cc1nnc(NC(=O)NCCc2cccc(C(=O)O)c2)s1. The van der Waals surface area contributed by atoms with Crippen LogP contribution in [0.1, 0.15) is 20.9 Å². The molecular weight excluding hydrogens is 292 g/mol. The Labute approximate surface area is 125 Å². The average Bonchev–Trinajstić information content (AvgIpc) is 2.84. The molecule has 0 saturated heterocycles. The van der Waals surface area contributed by atoms with E-state index in [0.717, 1.165) is 10.6 Å². The molecule has 2 amide bonds. The van der Waals surface area contributed by atoms with Crippen molar-refractivity contribution in [2.45, 2.75) is 13.3 Å². The van der Waals surface area contributed by atoms with Crippen LogP contribution in [0.15, 0.2) is 24.3 Å². The molecule has 1 heterocycles. The van der Waals surface area contributed by atoms with Crippen molar-refractivity contribution >= 4 is 28.5 Å². The van der Waals surface area contributed by atoms with Gasteiger partial charge in [-0.1, -0.05) is 23.5 Å². The van der Waals surface area contributed by atoms with Gasteiger partial charge >= 0.3 is 12.0 Å². The van der Waals surface area contributed by atoms with E-state index in [1.807, 2.05) is 6.07 Å². The number of carboxylic acids is 1. The van der Waals surface area contributed by atoms with E-state index in [2.05, 4.69) is 20.8 Å². The summed E-state index contributed by atoms with van der Waals surface area (Å²) >= 11 is 1.29. The van der Waals surface area contributed by atoms with Crippen LogP contribution in [0.2, 0.25) is 0 Å². The lowest BCUT2D eigenvalue weighted by molar-refractivity contribution is 0.0696. The van der Waals surface area contributed by atoms with E-state index in [1.54, 1.807) is 19.1 Å².